The zero-order valence-corrected chi connectivity index (χ0v) is 8.59. The SMILES string of the molecule is Cc1ccc2c(c1)C(C)(C)CC=C2. The summed E-state index contributed by atoms with van der Waals surface area (Å²) in [6.07, 6.45) is 5.67. The standard InChI is InChI=1S/C13H16/c1-10-6-7-11-5-4-8-13(2,3)12(11)9-10/h4-7,9H,8H2,1-3H3. The van der Waals surface area contributed by atoms with E-state index in [1.54, 1.807) is 0 Å². The van der Waals surface area contributed by atoms with Gasteiger partial charge < -0.3 is 0 Å². The first-order valence-corrected chi connectivity index (χ1v) is 4.87. The number of allylic oxidation sites excluding steroid dienone is 1. The molecule has 2 rings (SSSR count). The lowest BCUT2D eigenvalue weighted by Crippen LogP contribution is -2.19. The molecule has 0 heteroatoms. The van der Waals surface area contributed by atoms with Gasteiger partial charge in [0, 0.05) is 0 Å². The molecule has 0 saturated carbocycles. The van der Waals surface area contributed by atoms with Gasteiger partial charge in [-0.1, -0.05) is 49.8 Å². The monoisotopic (exact) mass is 172 g/mol. The Labute approximate surface area is 80.3 Å². The summed E-state index contributed by atoms with van der Waals surface area (Å²) in [5.74, 6) is 0. The van der Waals surface area contributed by atoms with Gasteiger partial charge in [-0.05, 0) is 29.9 Å². The summed E-state index contributed by atoms with van der Waals surface area (Å²) in [6, 6.07) is 6.73. The van der Waals surface area contributed by atoms with E-state index in [4.69, 9.17) is 0 Å². The third-order valence-electron chi connectivity index (χ3n) is 2.86. The van der Waals surface area contributed by atoms with Crippen molar-refractivity contribution in [2.75, 3.05) is 0 Å². The number of hydrogen-bond donors (Lipinski definition) is 0. The van der Waals surface area contributed by atoms with E-state index in [0.29, 0.717) is 5.41 Å². The Kier molecular flexibility index (Phi) is 1.80. The highest BCUT2D eigenvalue weighted by Crippen LogP contribution is 2.35. The second kappa shape index (κ2) is 2.73. The van der Waals surface area contributed by atoms with Crippen LogP contribution in [0.15, 0.2) is 24.3 Å². The van der Waals surface area contributed by atoms with Crippen LogP contribution in [0.1, 0.15) is 37.0 Å². The van der Waals surface area contributed by atoms with Gasteiger partial charge in [0.2, 0.25) is 0 Å². The van der Waals surface area contributed by atoms with E-state index in [0.717, 1.165) is 6.42 Å². The fraction of sp³-hybridized carbons (Fsp3) is 0.385. The molecule has 1 aromatic rings. The average molecular weight is 172 g/mol. The predicted molar refractivity (Wildman–Crippen MR) is 57.9 cm³/mol. The van der Waals surface area contributed by atoms with E-state index in [2.05, 4.69) is 51.1 Å². The lowest BCUT2D eigenvalue weighted by Gasteiger charge is -2.29. The quantitative estimate of drug-likeness (QED) is 0.560. The van der Waals surface area contributed by atoms with Gasteiger partial charge in [-0.25, -0.2) is 0 Å². The number of fused-ring (bicyclic) bond motifs is 1. The predicted octanol–water partition coefficient (Wildman–Crippen LogP) is 3.69. The third kappa shape index (κ3) is 1.41. The maximum atomic E-state index is 2.32. The molecule has 1 aliphatic rings. The van der Waals surface area contributed by atoms with Gasteiger partial charge in [-0.2, -0.15) is 0 Å². The molecule has 68 valence electrons. The first kappa shape index (κ1) is 8.55. The van der Waals surface area contributed by atoms with E-state index in [-0.39, 0.29) is 0 Å². The van der Waals surface area contributed by atoms with Crippen molar-refractivity contribution in [3.63, 3.8) is 0 Å². The number of rotatable bonds is 0. The topological polar surface area (TPSA) is 0 Å². The Bertz CT molecular complexity index is 356. The molecule has 0 unspecified atom stereocenters. The summed E-state index contributed by atoms with van der Waals surface area (Å²) >= 11 is 0. The Morgan fingerprint density at radius 2 is 2.00 bits per heavy atom. The molecule has 1 aromatic carbocycles. The Hall–Kier alpha value is -1.04. The molecule has 0 radical (unpaired) electrons. The first-order chi connectivity index (χ1) is 6.09. The van der Waals surface area contributed by atoms with Gasteiger partial charge in [-0.3, -0.25) is 0 Å². The second-order valence-electron chi connectivity index (χ2n) is 4.58. The average Bonchev–Trinajstić information content (AvgIpc) is 2.06. The van der Waals surface area contributed by atoms with Crippen LogP contribution in [0.2, 0.25) is 0 Å². The van der Waals surface area contributed by atoms with E-state index < -0.39 is 0 Å². The van der Waals surface area contributed by atoms with Crippen LogP contribution < -0.4 is 0 Å². The normalized spacial score (nSPS) is 18.4. The maximum Gasteiger partial charge on any atom is -0.00630 e. The van der Waals surface area contributed by atoms with Crippen LogP contribution in [0.25, 0.3) is 6.08 Å². The zero-order chi connectivity index (χ0) is 9.47. The molecular formula is C13H16. The van der Waals surface area contributed by atoms with Crippen molar-refractivity contribution in [1.82, 2.24) is 0 Å². The van der Waals surface area contributed by atoms with Crippen LogP contribution >= 0.6 is 0 Å². The fourth-order valence-corrected chi connectivity index (χ4v) is 1.99. The van der Waals surface area contributed by atoms with Crippen molar-refractivity contribution in [2.45, 2.75) is 32.6 Å². The van der Waals surface area contributed by atoms with Crippen molar-refractivity contribution >= 4 is 6.08 Å². The van der Waals surface area contributed by atoms with Crippen LogP contribution in [0.5, 0.6) is 0 Å². The minimum Gasteiger partial charge on any atom is -0.0831 e. The summed E-state index contributed by atoms with van der Waals surface area (Å²) in [4.78, 5) is 0. The molecule has 0 N–H and O–H groups in total. The molecule has 0 amide bonds. The van der Waals surface area contributed by atoms with Gasteiger partial charge >= 0.3 is 0 Å². The highest BCUT2D eigenvalue weighted by atomic mass is 14.3. The van der Waals surface area contributed by atoms with Crippen LogP contribution in [0.4, 0.5) is 0 Å². The molecule has 0 heterocycles. The highest BCUT2D eigenvalue weighted by Gasteiger charge is 2.23. The minimum atomic E-state index is 0.316. The minimum absolute atomic E-state index is 0.316. The van der Waals surface area contributed by atoms with E-state index in [1.807, 2.05) is 0 Å². The Balaban J connectivity index is 2.62. The number of aryl methyl sites for hydroxylation is 1. The van der Waals surface area contributed by atoms with Gasteiger partial charge in [0.15, 0.2) is 0 Å². The Morgan fingerprint density at radius 3 is 2.77 bits per heavy atom. The lowest BCUT2D eigenvalue weighted by molar-refractivity contribution is 0.528. The van der Waals surface area contributed by atoms with Crippen LogP contribution in [-0.2, 0) is 5.41 Å². The largest absolute Gasteiger partial charge is 0.0831 e. The summed E-state index contributed by atoms with van der Waals surface area (Å²) in [7, 11) is 0. The van der Waals surface area contributed by atoms with Crippen molar-refractivity contribution in [1.29, 1.82) is 0 Å². The molecule has 0 aromatic heterocycles. The van der Waals surface area contributed by atoms with Gasteiger partial charge in [0.1, 0.15) is 0 Å². The van der Waals surface area contributed by atoms with Crippen LogP contribution in [0.3, 0.4) is 0 Å². The summed E-state index contributed by atoms with van der Waals surface area (Å²) < 4.78 is 0. The number of benzene rings is 1. The summed E-state index contributed by atoms with van der Waals surface area (Å²) in [6.45, 7) is 6.79. The third-order valence-corrected chi connectivity index (χ3v) is 2.86. The first-order valence-electron chi connectivity index (χ1n) is 4.87. The van der Waals surface area contributed by atoms with Crippen molar-refractivity contribution < 1.29 is 0 Å². The molecule has 0 fully saturated rings. The molecule has 0 saturated heterocycles. The molecule has 0 atom stereocenters. The van der Waals surface area contributed by atoms with Gasteiger partial charge in [0.25, 0.3) is 0 Å². The molecule has 1 aliphatic carbocycles. The van der Waals surface area contributed by atoms with Crippen LogP contribution in [-0.4, -0.2) is 0 Å². The maximum absolute atomic E-state index is 2.32. The molecule has 0 bridgehead atoms. The molecular weight excluding hydrogens is 156 g/mol. The second-order valence-corrected chi connectivity index (χ2v) is 4.58. The lowest BCUT2D eigenvalue weighted by atomic mass is 9.75. The van der Waals surface area contributed by atoms with Crippen molar-refractivity contribution in [3.05, 3.63) is 41.0 Å². The molecule has 13 heavy (non-hydrogen) atoms. The van der Waals surface area contributed by atoms with Crippen molar-refractivity contribution in [3.8, 4) is 0 Å². The highest BCUT2D eigenvalue weighted by molar-refractivity contribution is 5.59. The fourth-order valence-electron chi connectivity index (χ4n) is 1.99. The number of hydrogen-bond acceptors (Lipinski definition) is 0. The smallest absolute Gasteiger partial charge is 0.00630 e. The van der Waals surface area contributed by atoms with Gasteiger partial charge in [0.05, 0.1) is 0 Å². The van der Waals surface area contributed by atoms with Crippen molar-refractivity contribution in [2.24, 2.45) is 0 Å². The van der Waals surface area contributed by atoms with E-state index in [1.165, 1.54) is 16.7 Å². The van der Waals surface area contributed by atoms with Gasteiger partial charge in [-0.15, -0.1) is 0 Å². The van der Waals surface area contributed by atoms with E-state index >= 15 is 0 Å². The molecule has 0 nitrogen and oxygen atoms in total. The zero-order valence-electron chi connectivity index (χ0n) is 8.59. The Morgan fingerprint density at radius 1 is 1.23 bits per heavy atom. The summed E-state index contributed by atoms with van der Waals surface area (Å²) in [5, 5.41) is 0. The van der Waals surface area contributed by atoms with E-state index in [9.17, 15) is 0 Å². The molecule has 0 aliphatic heterocycles. The van der Waals surface area contributed by atoms with Crippen LogP contribution in [0, 0.1) is 6.92 Å². The molecule has 0 spiro atoms. The summed E-state index contributed by atoms with van der Waals surface area (Å²) in [5.41, 5.74) is 4.56.